The fourth-order valence-corrected chi connectivity index (χ4v) is 3.34. The number of pyridine rings is 1. The lowest BCUT2D eigenvalue weighted by Gasteiger charge is -2.21. The van der Waals surface area contributed by atoms with Gasteiger partial charge in [0.15, 0.2) is 0 Å². The Kier molecular flexibility index (Phi) is 4.54. The van der Waals surface area contributed by atoms with E-state index in [-0.39, 0.29) is 11.2 Å². The van der Waals surface area contributed by atoms with Gasteiger partial charge >= 0.3 is 0 Å². The monoisotopic (exact) mass is 337 g/mol. The van der Waals surface area contributed by atoms with Crippen LogP contribution in [0.1, 0.15) is 32.3 Å². The molecule has 0 radical (unpaired) electrons. The van der Waals surface area contributed by atoms with Gasteiger partial charge in [0.05, 0.1) is 5.03 Å². The predicted octanol–water partition coefficient (Wildman–Crippen LogP) is 4.04. The van der Waals surface area contributed by atoms with Gasteiger partial charge in [-0.15, -0.1) is 11.8 Å². The van der Waals surface area contributed by atoms with Crippen molar-refractivity contribution in [2.24, 2.45) is 5.41 Å². The summed E-state index contributed by atoms with van der Waals surface area (Å²) in [6, 6.07) is 10.1. The topological polar surface area (TPSA) is 67.4 Å². The third kappa shape index (κ3) is 3.74. The Morgan fingerprint density at radius 2 is 2.08 bits per heavy atom. The van der Waals surface area contributed by atoms with Gasteiger partial charge in [0, 0.05) is 35.8 Å². The minimum absolute atomic E-state index is 0.105. The van der Waals surface area contributed by atoms with Gasteiger partial charge in [0.1, 0.15) is 11.7 Å². The number of nitriles is 1. The first kappa shape index (κ1) is 16.5. The van der Waals surface area contributed by atoms with Crippen LogP contribution in [0.4, 0.5) is 0 Å². The molecule has 0 amide bonds. The molecule has 0 saturated heterocycles. The van der Waals surface area contributed by atoms with Crippen molar-refractivity contribution in [1.82, 2.24) is 19.5 Å². The molecule has 6 heteroatoms. The van der Waals surface area contributed by atoms with Crippen LogP contribution in [0.2, 0.25) is 0 Å². The Bertz CT molecular complexity index is 887. The Morgan fingerprint density at radius 3 is 2.75 bits per heavy atom. The molecule has 0 atom stereocenters. The van der Waals surface area contributed by atoms with Gasteiger partial charge < -0.3 is 4.57 Å². The van der Waals surface area contributed by atoms with Crippen LogP contribution in [-0.4, -0.2) is 19.5 Å². The molecule has 122 valence electrons. The highest BCUT2D eigenvalue weighted by Gasteiger charge is 2.18. The van der Waals surface area contributed by atoms with E-state index in [1.807, 2.05) is 24.3 Å². The average Bonchev–Trinajstić information content (AvgIpc) is 2.89. The molecule has 0 aliphatic heterocycles. The lowest BCUT2D eigenvalue weighted by atomic mass is 9.97. The van der Waals surface area contributed by atoms with E-state index < -0.39 is 0 Å². The van der Waals surface area contributed by atoms with Gasteiger partial charge in [0.25, 0.3) is 0 Å². The van der Waals surface area contributed by atoms with Crippen LogP contribution in [0, 0.1) is 16.7 Å². The van der Waals surface area contributed by atoms with Crippen LogP contribution >= 0.6 is 11.8 Å². The molecular formula is C18H19N5S. The Labute approximate surface area is 145 Å². The van der Waals surface area contributed by atoms with Gasteiger partial charge in [-0.05, 0) is 23.6 Å². The molecule has 0 N–H and O–H groups in total. The molecule has 3 aromatic rings. The van der Waals surface area contributed by atoms with Crippen LogP contribution in [-0.2, 0) is 12.3 Å². The van der Waals surface area contributed by atoms with E-state index in [2.05, 4.69) is 46.4 Å². The average molecular weight is 337 g/mol. The quantitative estimate of drug-likeness (QED) is 0.672. The predicted molar refractivity (Wildman–Crippen MR) is 95.5 cm³/mol. The first-order valence-electron chi connectivity index (χ1n) is 7.75. The van der Waals surface area contributed by atoms with Gasteiger partial charge in [-0.2, -0.15) is 5.26 Å². The lowest BCUT2D eigenvalue weighted by Crippen LogP contribution is -2.17. The van der Waals surface area contributed by atoms with E-state index in [0.717, 1.165) is 28.4 Å². The van der Waals surface area contributed by atoms with Gasteiger partial charge in [-0.3, -0.25) is 0 Å². The van der Waals surface area contributed by atoms with E-state index in [4.69, 9.17) is 5.26 Å². The second kappa shape index (κ2) is 6.62. The molecule has 0 saturated carbocycles. The van der Waals surface area contributed by atoms with Gasteiger partial charge in [-0.1, -0.05) is 26.8 Å². The zero-order valence-corrected chi connectivity index (χ0v) is 14.8. The second-order valence-corrected chi connectivity index (χ2v) is 7.82. The number of thioether (sulfide) groups is 1. The molecule has 5 nitrogen and oxygen atoms in total. The second-order valence-electron chi connectivity index (χ2n) is 6.82. The zero-order chi connectivity index (χ0) is 17.2. The normalized spacial score (nSPS) is 11.6. The van der Waals surface area contributed by atoms with Crippen molar-refractivity contribution < 1.29 is 0 Å². The minimum atomic E-state index is 0.105. The van der Waals surface area contributed by atoms with Crippen molar-refractivity contribution in [3.05, 3.63) is 48.2 Å². The Hall–Kier alpha value is -2.39. The van der Waals surface area contributed by atoms with Crippen LogP contribution in [0.25, 0.3) is 11.0 Å². The van der Waals surface area contributed by atoms with Crippen molar-refractivity contribution in [1.29, 1.82) is 5.26 Å². The van der Waals surface area contributed by atoms with Crippen molar-refractivity contribution in [3.8, 4) is 6.07 Å². The number of aromatic nitrogens is 4. The number of rotatable bonds is 4. The molecule has 0 unspecified atom stereocenters. The lowest BCUT2D eigenvalue weighted by molar-refractivity contribution is 0.345. The van der Waals surface area contributed by atoms with Crippen molar-refractivity contribution in [2.75, 3.05) is 0 Å². The van der Waals surface area contributed by atoms with Crippen LogP contribution in [0.15, 0.2) is 41.7 Å². The van der Waals surface area contributed by atoms with E-state index >= 15 is 0 Å². The summed E-state index contributed by atoms with van der Waals surface area (Å²) in [6.45, 7) is 7.42. The third-order valence-corrected chi connectivity index (χ3v) is 4.44. The number of fused-ring (bicyclic) bond motifs is 1. The first-order chi connectivity index (χ1) is 11.5. The van der Waals surface area contributed by atoms with E-state index in [0.29, 0.717) is 0 Å². The van der Waals surface area contributed by atoms with Crippen LogP contribution in [0.5, 0.6) is 0 Å². The molecule has 3 aromatic heterocycles. The van der Waals surface area contributed by atoms with E-state index in [1.54, 1.807) is 24.2 Å². The molecule has 3 rings (SSSR count). The first-order valence-corrected chi connectivity index (χ1v) is 8.74. The van der Waals surface area contributed by atoms with E-state index in [9.17, 15) is 0 Å². The molecule has 3 heterocycles. The highest BCUT2D eigenvalue weighted by molar-refractivity contribution is 7.98. The zero-order valence-electron chi connectivity index (χ0n) is 14.0. The number of hydrogen-bond acceptors (Lipinski definition) is 5. The van der Waals surface area contributed by atoms with E-state index in [1.165, 1.54) is 5.69 Å². The summed E-state index contributed by atoms with van der Waals surface area (Å²) in [5.41, 5.74) is 2.10. The van der Waals surface area contributed by atoms with Crippen LogP contribution < -0.4 is 0 Å². The largest absolute Gasteiger partial charge is 0.328 e. The maximum absolute atomic E-state index is 9.08. The molecule has 0 spiro atoms. The van der Waals surface area contributed by atoms with Crippen LogP contribution in [0.3, 0.4) is 0 Å². The minimum Gasteiger partial charge on any atom is -0.328 e. The standard InChI is InChI=1S/C18H19N5S/c1-18(2,3)12-23-14(11-24-16-6-4-5-7-20-16)8-13-10-21-15(9-19)22-17(13)23/h4-8,10H,11-12H2,1-3H3. The summed E-state index contributed by atoms with van der Waals surface area (Å²) in [7, 11) is 0. The molecular weight excluding hydrogens is 318 g/mol. The highest BCUT2D eigenvalue weighted by atomic mass is 32.2. The van der Waals surface area contributed by atoms with Crippen molar-refractivity contribution >= 4 is 22.8 Å². The number of nitrogens with zero attached hydrogens (tertiary/aromatic N) is 5. The molecule has 0 aliphatic rings. The summed E-state index contributed by atoms with van der Waals surface area (Å²) in [4.78, 5) is 12.9. The fourth-order valence-electron chi connectivity index (χ4n) is 2.50. The molecule has 0 fully saturated rings. The van der Waals surface area contributed by atoms with Crippen molar-refractivity contribution in [3.63, 3.8) is 0 Å². The summed E-state index contributed by atoms with van der Waals surface area (Å²) in [5.74, 6) is 1.01. The summed E-state index contributed by atoms with van der Waals surface area (Å²) in [6.07, 6.45) is 3.53. The summed E-state index contributed by atoms with van der Waals surface area (Å²) in [5, 5.41) is 11.0. The number of hydrogen-bond donors (Lipinski definition) is 0. The molecule has 0 bridgehead atoms. The third-order valence-electron chi connectivity index (χ3n) is 3.46. The Morgan fingerprint density at radius 1 is 1.25 bits per heavy atom. The fraction of sp³-hybridized carbons (Fsp3) is 0.333. The van der Waals surface area contributed by atoms with Crippen molar-refractivity contribution in [2.45, 2.75) is 38.1 Å². The molecule has 24 heavy (non-hydrogen) atoms. The maximum atomic E-state index is 9.08. The summed E-state index contributed by atoms with van der Waals surface area (Å²) >= 11 is 1.69. The molecule has 0 aromatic carbocycles. The van der Waals surface area contributed by atoms with Gasteiger partial charge in [-0.25, -0.2) is 15.0 Å². The highest BCUT2D eigenvalue weighted by Crippen LogP contribution is 2.28. The Balaban J connectivity index is 1.99. The SMILES string of the molecule is CC(C)(C)Cn1c(CSc2ccccn2)cc2cnc(C#N)nc21. The smallest absolute Gasteiger partial charge is 0.234 e. The molecule has 0 aliphatic carbocycles. The van der Waals surface area contributed by atoms with Gasteiger partial charge in [0.2, 0.25) is 5.82 Å². The maximum Gasteiger partial charge on any atom is 0.234 e. The summed E-state index contributed by atoms with van der Waals surface area (Å²) < 4.78 is 2.20.